The Morgan fingerprint density at radius 1 is 1.09 bits per heavy atom. The number of aromatic nitrogens is 2. The molecule has 4 aromatic rings. The van der Waals surface area contributed by atoms with E-state index in [1.807, 2.05) is 30.3 Å². The molecule has 4 rings (SSSR count). The Bertz CT molecular complexity index is 1000. The van der Waals surface area contributed by atoms with Gasteiger partial charge in [0.15, 0.2) is 0 Å². The van der Waals surface area contributed by atoms with Gasteiger partial charge in [-0.2, -0.15) is 0 Å². The first-order chi connectivity index (χ1) is 11.2. The molecule has 0 spiro atoms. The molecule has 0 saturated carbocycles. The summed E-state index contributed by atoms with van der Waals surface area (Å²) in [5.74, 6) is -0.961. The maximum atomic E-state index is 11.4. The van der Waals surface area contributed by atoms with E-state index >= 15 is 0 Å². The quantitative estimate of drug-likeness (QED) is 0.621. The number of rotatable bonds is 3. The third-order valence-corrected chi connectivity index (χ3v) is 3.80. The molecule has 0 fully saturated rings. The minimum atomic E-state index is -0.961. The fraction of sp³-hybridized carbons (Fsp3) is 0. The minimum absolute atomic E-state index is 0.241. The van der Waals surface area contributed by atoms with Crippen molar-refractivity contribution in [3.63, 3.8) is 0 Å². The second kappa shape index (κ2) is 5.14. The number of carbonyl (C=O) groups is 1. The van der Waals surface area contributed by atoms with Crippen molar-refractivity contribution in [2.75, 3.05) is 0 Å². The van der Waals surface area contributed by atoms with Gasteiger partial charge in [0.25, 0.3) is 0 Å². The fourth-order valence-electron chi connectivity index (χ4n) is 2.68. The lowest BCUT2D eigenvalue weighted by molar-refractivity contribution is 0.0697. The minimum Gasteiger partial charge on any atom is -0.478 e. The van der Waals surface area contributed by atoms with Gasteiger partial charge in [-0.25, -0.2) is 9.78 Å². The molecule has 2 aromatic heterocycles. The number of fused-ring (bicyclic) bond motifs is 1. The number of carboxylic acids is 1. The zero-order valence-electron chi connectivity index (χ0n) is 12.0. The van der Waals surface area contributed by atoms with Gasteiger partial charge >= 0.3 is 5.97 Å². The second-order valence-electron chi connectivity index (χ2n) is 5.15. The van der Waals surface area contributed by atoms with Crippen LogP contribution in [0.15, 0.2) is 71.8 Å². The molecule has 112 valence electrons. The highest BCUT2D eigenvalue weighted by Crippen LogP contribution is 2.26. The molecule has 2 aromatic carbocycles. The highest BCUT2D eigenvalue weighted by atomic mass is 16.4. The number of aromatic carboxylic acids is 1. The van der Waals surface area contributed by atoms with Crippen molar-refractivity contribution in [3.05, 3.63) is 72.9 Å². The summed E-state index contributed by atoms with van der Waals surface area (Å²) in [7, 11) is 0. The number of nitrogens with zero attached hydrogens (tertiary/aromatic N) is 2. The molecule has 0 bridgehead atoms. The molecule has 0 aliphatic rings. The lowest BCUT2D eigenvalue weighted by Gasteiger charge is -2.08. The van der Waals surface area contributed by atoms with Crippen LogP contribution in [0, 0.1) is 0 Å². The monoisotopic (exact) mass is 304 g/mol. The summed E-state index contributed by atoms with van der Waals surface area (Å²) in [5.41, 5.74) is 4.47. The van der Waals surface area contributed by atoms with Crippen LogP contribution in [-0.4, -0.2) is 20.6 Å². The van der Waals surface area contributed by atoms with Crippen molar-refractivity contribution in [2.45, 2.75) is 0 Å². The zero-order chi connectivity index (χ0) is 15.8. The average Bonchev–Trinajstić information content (AvgIpc) is 3.24. The Labute approximate surface area is 131 Å². The molecule has 1 N–H and O–H groups in total. The smallest absolute Gasteiger partial charge is 0.337 e. The predicted octanol–water partition coefficient (Wildman–Crippen LogP) is 3.98. The Hall–Kier alpha value is -3.34. The van der Waals surface area contributed by atoms with Crippen LogP contribution >= 0.6 is 0 Å². The van der Waals surface area contributed by atoms with E-state index in [4.69, 9.17) is 4.42 Å². The van der Waals surface area contributed by atoms with E-state index in [0.29, 0.717) is 5.69 Å². The maximum absolute atomic E-state index is 11.4. The molecule has 0 unspecified atom stereocenters. The van der Waals surface area contributed by atoms with Gasteiger partial charge in [0.2, 0.25) is 0 Å². The molecule has 23 heavy (non-hydrogen) atoms. The number of hydrogen-bond donors (Lipinski definition) is 1. The van der Waals surface area contributed by atoms with Crippen LogP contribution in [0.4, 0.5) is 0 Å². The summed E-state index contributed by atoms with van der Waals surface area (Å²) in [6, 6.07) is 14.6. The zero-order valence-corrected chi connectivity index (χ0v) is 12.0. The largest absolute Gasteiger partial charge is 0.478 e. The van der Waals surface area contributed by atoms with Crippen LogP contribution < -0.4 is 0 Å². The summed E-state index contributed by atoms with van der Waals surface area (Å²) < 4.78 is 6.90. The Kier molecular flexibility index (Phi) is 2.98. The third kappa shape index (κ3) is 2.19. The molecule has 5 nitrogen and oxygen atoms in total. The summed E-state index contributed by atoms with van der Waals surface area (Å²) in [6.07, 6.45) is 4.95. The van der Waals surface area contributed by atoms with Crippen LogP contribution in [0.5, 0.6) is 0 Å². The number of furan rings is 1. The molecule has 2 heterocycles. The van der Waals surface area contributed by atoms with Crippen molar-refractivity contribution in [3.8, 4) is 16.8 Å². The van der Waals surface area contributed by atoms with Gasteiger partial charge in [0.1, 0.15) is 6.33 Å². The van der Waals surface area contributed by atoms with Gasteiger partial charge in [-0.1, -0.05) is 18.2 Å². The van der Waals surface area contributed by atoms with Crippen LogP contribution in [-0.2, 0) is 0 Å². The van der Waals surface area contributed by atoms with Crippen molar-refractivity contribution >= 4 is 17.0 Å². The van der Waals surface area contributed by atoms with Gasteiger partial charge in [0.05, 0.1) is 34.8 Å². The van der Waals surface area contributed by atoms with Crippen molar-refractivity contribution in [1.29, 1.82) is 0 Å². The summed E-state index contributed by atoms with van der Waals surface area (Å²) in [6.45, 7) is 0. The van der Waals surface area contributed by atoms with Crippen LogP contribution in [0.25, 0.3) is 27.8 Å². The van der Waals surface area contributed by atoms with Gasteiger partial charge in [-0.05, 0) is 35.9 Å². The molecule has 0 saturated heterocycles. The topological polar surface area (TPSA) is 68.3 Å². The molecular formula is C18H12N2O3. The number of para-hydroxylation sites is 1. The Balaban J connectivity index is 1.89. The van der Waals surface area contributed by atoms with Crippen LogP contribution in [0.2, 0.25) is 0 Å². The summed E-state index contributed by atoms with van der Waals surface area (Å²) >= 11 is 0. The van der Waals surface area contributed by atoms with Crippen molar-refractivity contribution in [2.24, 2.45) is 0 Å². The van der Waals surface area contributed by atoms with Gasteiger partial charge in [-0.3, -0.25) is 4.57 Å². The SMILES string of the molecule is O=C(O)c1ccccc1-n1cnc2cc(-c3ccoc3)ccc21. The van der Waals surface area contributed by atoms with Gasteiger partial charge < -0.3 is 9.52 Å². The van der Waals surface area contributed by atoms with Gasteiger partial charge in [-0.15, -0.1) is 0 Å². The lowest BCUT2D eigenvalue weighted by Crippen LogP contribution is -2.04. The average molecular weight is 304 g/mol. The van der Waals surface area contributed by atoms with Crippen molar-refractivity contribution in [1.82, 2.24) is 9.55 Å². The van der Waals surface area contributed by atoms with E-state index in [9.17, 15) is 9.90 Å². The normalized spacial score (nSPS) is 11.0. The molecule has 0 amide bonds. The molecular weight excluding hydrogens is 292 g/mol. The number of imidazole rings is 1. The Morgan fingerprint density at radius 2 is 1.96 bits per heavy atom. The standard InChI is InChI=1S/C18H12N2O3/c21-18(22)14-3-1-2-4-16(14)20-11-19-15-9-12(5-6-17(15)20)13-7-8-23-10-13/h1-11H,(H,21,22). The number of hydrogen-bond acceptors (Lipinski definition) is 3. The van der Waals surface area contributed by atoms with E-state index in [1.54, 1.807) is 41.6 Å². The van der Waals surface area contributed by atoms with Crippen LogP contribution in [0.3, 0.4) is 0 Å². The molecule has 0 aliphatic carbocycles. The van der Waals surface area contributed by atoms with Gasteiger partial charge in [0, 0.05) is 5.56 Å². The lowest BCUT2D eigenvalue weighted by atomic mass is 10.1. The highest BCUT2D eigenvalue weighted by Gasteiger charge is 2.13. The molecule has 0 atom stereocenters. The first kappa shape index (κ1) is 13.3. The van der Waals surface area contributed by atoms with E-state index in [2.05, 4.69) is 4.98 Å². The fourth-order valence-corrected chi connectivity index (χ4v) is 2.68. The second-order valence-corrected chi connectivity index (χ2v) is 5.15. The summed E-state index contributed by atoms with van der Waals surface area (Å²) in [5, 5.41) is 9.36. The summed E-state index contributed by atoms with van der Waals surface area (Å²) in [4.78, 5) is 15.8. The number of benzene rings is 2. The third-order valence-electron chi connectivity index (χ3n) is 3.80. The highest BCUT2D eigenvalue weighted by molar-refractivity contribution is 5.93. The van der Waals surface area contributed by atoms with E-state index in [1.165, 1.54) is 0 Å². The first-order valence-electron chi connectivity index (χ1n) is 7.06. The Morgan fingerprint density at radius 3 is 2.74 bits per heavy atom. The maximum Gasteiger partial charge on any atom is 0.337 e. The molecule has 5 heteroatoms. The number of carboxylic acid groups (broad SMARTS) is 1. The predicted molar refractivity (Wildman–Crippen MR) is 85.7 cm³/mol. The van der Waals surface area contributed by atoms with Crippen molar-refractivity contribution < 1.29 is 14.3 Å². The van der Waals surface area contributed by atoms with E-state index in [0.717, 1.165) is 22.2 Å². The van der Waals surface area contributed by atoms with E-state index < -0.39 is 5.97 Å². The molecule has 0 radical (unpaired) electrons. The molecule has 0 aliphatic heterocycles. The van der Waals surface area contributed by atoms with Crippen LogP contribution in [0.1, 0.15) is 10.4 Å². The first-order valence-corrected chi connectivity index (χ1v) is 7.06. The van der Waals surface area contributed by atoms with E-state index in [-0.39, 0.29) is 5.56 Å².